The number of hydrogen-bond acceptors (Lipinski definition) is 6. The van der Waals surface area contributed by atoms with Crippen molar-refractivity contribution in [1.82, 2.24) is 15.0 Å². The zero-order valence-electron chi connectivity index (χ0n) is 10.6. The van der Waals surface area contributed by atoms with Crippen LogP contribution in [0.25, 0.3) is 5.69 Å². The molecule has 1 aromatic heterocycles. The van der Waals surface area contributed by atoms with Crippen LogP contribution >= 0.6 is 0 Å². The molecule has 7 heteroatoms. The molecule has 1 fully saturated rings. The minimum Gasteiger partial charge on any atom is -0.388 e. The number of aromatic nitrogens is 3. The lowest BCUT2D eigenvalue weighted by molar-refractivity contribution is -0.190. The molecule has 0 bridgehead atoms. The lowest BCUT2D eigenvalue weighted by atomic mass is 9.98. The highest BCUT2D eigenvalue weighted by Gasteiger charge is 2.39. The quantitative estimate of drug-likeness (QED) is 0.679. The van der Waals surface area contributed by atoms with Crippen molar-refractivity contribution in [2.24, 2.45) is 0 Å². The van der Waals surface area contributed by atoms with Gasteiger partial charge in [-0.15, -0.1) is 0 Å². The molecule has 3 N–H and O–H groups in total. The second kappa shape index (κ2) is 5.29. The van der Waals surface area contributed by atoms with Gasteiger partial charge in [-0.05, 0) is 12.1 Å². The van der Waals surface area contributed by atoms with Crippen molar-refractivity contribution < 1.29 is 20.1 Å². The van der Waals surface area contributed by atoms with E-state index in [4.69, 9.17) is 4.74 Å². The van der Waals surface area contributed by atoms with E-state index in [-0.39, 0.29) is 6.61 Å². The van der Waals surface area contributed by atoms with E-state index >= 15 is 0 Å². The maximum Gasteiger partial charge on any atom is 0.131 e. The van der Waals surface area contributed by atoms with Crippen molar-refractivity contribution in [2.45, 2.75) is 24.4 Å². The largest absolute Gasteiger partial charge is 0.388 e. The van der Waals surface area contributed by atoms with E-state index in [0.29, 0.717) is 5.69 Å². The summed E-state index contributed by atoms with van der Waals surface area (Å²) >= 11 is 0. The molecule has 3 rings (SSSR count). The Bertz CT molecular complexity index is 574. The Morgan fingerprint density at radius 2 is 1.85 bits per heavy atom. The van der Waals surface area contributed by atoms with E-state index in [9.17, 15) is 15.3 Å². The number of aliphatic hydroxyl groups excluding tert-OH is 3. The number of hydrogen-bond donors (Lipinski definition) is 3. The molecule has 0 aliphatic carbocycles. The average Bonchev–Trinajstić information content (AvgIpc) is 2.95. The van der Waals surface area contributed by atoms with Crippen LogP contribution < -0.4 is 0 Å². The van der Waals surface area contributed by atoms with Gasteiger partial charge in [0.15, 0.2) is 0 Å². The standard InChI is InChI=1S/C13H15N3O4/c17-10-7-20-13(12(19)11(10)18)9-6-14-16(15-9)8-4-2-1-3-5-8/h1-6,10-13,17-19H,7H2/t10-,11+,12+,13-/m1/s1. The maximum atomic E-state index is 9.93. The summed E-state index contributed by atoms with van der Waals surface area (Å²) in [6.45, 7) is -0.0545. The topological polar surface area (TPSA) is 101 Å². The summed E-state index contributed by atoms with van der Waals surface area (Å²) in [6.07, 6.45) is -2.91. The van der Waals surface area contributed by atoms with Crippen molar-refractivity contribution in [2.75, 3.05) is 6.61 Å². The number of para-hydroxylation sites is 1. The van der Waals surface area contributed by atoms with E-state index in [2.05, 4.69) is 10.2 Å². The molecule has 0 radical (unpaired) electrons. The van der Waals surface area contributed by atoms with Crippen LogP contribution in [0.2, 0.25) is 0 Å². The number of rotatable bonds is 2. The fraction of sp³-hybridized carbons (Fsp3) is 0.385. The van der Waals surface area contributed by atoms with Crippen LogP contribution in [0.5, 0.6) is 0 Å². The highest BCUT2D eigenvalue weighted by molar-refractivity contribution is 5.28. The van der Waals surface area contributed by atoms with Gasteiger partial charge in [-0.2, -0.15) is 15.0 Å². The second-order valence-electron chi connectivity index (χ2n) is 4.70. The molecular weight excluding hydrogens is 262 g/mol. The number of aliphatic hydroxyl groups is 3. The summed E-state index contributed by atoms with van der Waals surface area (Å²) in [5.41, 5.74) is 1.19. The first-order valence-electron chi connectivity index (χ1n) is 6.30. The van der Waals surface area contributed by atoms with Gasteiger partial charge in [-0.25, -0.2) is 0 Å². The molecule has 2 aromatic rings. The first-order valence-corrected chi connectivity index (χ1v) is 6.30. The summed E-state index contributed by atoms with van der Waals surface area (Å²) in [6, 6.07) is 9.32. The van der Waals surface area contributed by atoms with E-state index in [1.165, 1.54) is 11.0 Å². The van der Waals surface area contributed by atoms with Crippen LogP contribution in [0.4, 0.5) is 0 Å². The summed E-state index contributed by atoms with van der Waals surface area (Å²) in [5, 5.41) is 37.4. The van der Waals surface area contributed by atoms with Gasteiger partial charge in [0.1, 0.15) is 30.1 Å². The molecule has 4 atom stereocenters. The highest BCUT2D eigenvalue weighted by Crippen LogP contribution is 2.27. The lowest BCUT2D eigenvalue weighted by Gasteiger charge is -2.34. The summed E-state index contributed by atoms with van der Waals surface area (Å²) in [4.78, 5) is 1.42. The van der Waals surface area contributed by atoms with Gasteiger partial charge in [0.2, 0.25) is 0 Å². The normalized spacial score (nSPS) is 30.4. The smallest absolute Gasteiger partial charge is 0.131 e. The predicted octanol–water partition coefficient (Wildman–Crippen LogP) is -0.579. The lowest BCUT2D eigenvalue weighted by Crippen LogP contribution is -2.49. The van der Waals surface area contributed by atoms with Crippen LogP contribution in [0, 0.1) is 0 Å². The first kappa shape index (κ1) is 13.2. The Morgan fingerprint density at radius 3 is 2.60 bits per heavy atom. The van der Waals surface area contributed by atoms with Gasteiger partial charge in [0.25, 0.3) is 0 Å². The molecule has 0 amide bonds. The van der Waals surface area contributed by atoms with Crippen LogP contribution in [0.1, 0.15) is 11.8 Å². The third-order valence-corrected chi connectivity index (χ3v) is 3.29. The Labute approximate surface area is 115 Å². The van der Waals surface area contributed by atoms with Crippen LogP contribution in [0.3, 0.4) is 0 Å². The van der Waals surface area contributed by atoms with Gasteiger partial charge >= 0.3 is 0 Å². The molecule has 7 nitrogen and oxygen atoms in total. The fourth-order valence-corrected chi connectivity index (χ4v) is 2.16. The van der Waals surface area contributed by atoms with E-state index in [0.717, 1.165) is 5.69 Å². The minimum absolute atomic E-state index is 0.0545. The zero-order valence-corrected chi connectivity index (χ0v) is 10.6. The van der Waals surface area contributed by atoms with Gasteiger partial charge in [0.05, 0.1) is 18.5 Å². The molecule has 1 aromatic carbocycles. The summed E-state index contributed by atoms with van der Waals surface area (Å²) < 4.78 is 5.33. The number of benzene rings is 1. The fourth-order valence-electron chi connectivity index (χ4n) is 2.16. The van der Waals surface area contributed by atoms with Crippen molar-refractivity contribution in [3.63, 3.8) is 0 Å². The van der Waals surface area contributed by atoms with Crippen LogP contribution in [-0.2, 0) is 4.74 Å². The van der Waals surface area contributed by atoms with Crippen molar-refractivity contribution in [1.29, 1.82) is 0 Å². The molecule has 0 saturated carbocycles. The molecule has 20 heavy (non-hydrogen) atoms. The average molecular weight is 277 g/mol. The van der Waals surface area contributed by atoms with Gasteiger partial charge in [0, 0.05) is 0 Å². The Hall–Kier alpha value is -1.80. The highest BCUT2D eigenvalue weighted by atomic mass is 16.5. The van der Waals surface area contributed by atoms with Crippen LogP contribution in [0.15, 0.2) is 36.5 Å². The monoisotopic (exact) mass is 277 g/mol. The maximum absolute atomic E-state index is 9.93. The molecular formula is C13H15N3O4. The summed E-state index contributed by atoms with van der Waals surface area (Å²) in [7, 11) is 0. The van der Waals surface area contributed by atoms with Gasteiger partial charge < -0.3 is 20.1 Å². The van der Waals surface area contributed by atoms with E-state index < -0.39 is 24.4 Å². The SMILES string of the molecule is O[C@@H]1[C@H](O)[C@@H](c2cnn(-c3ccccc3)n2)OC[C@H]1O. The molecule has 106 valence electrons. The molecule has 2 heterocycles. The molecule has 1 aliphatic rings. The van der Waals surface area contributed by atoms with Crippen molar-refractivity contribution in [3.05, 3.63) is 42.2 Å². The molecule has 0 spiro atoms. The van der Waals surface area contributed by atoms with Gasteiger partial charge in [-0.3, -0.25) is 0 Å². The third kappa shape index (κ3) is 2.32. The third-order valence-electron chi connectivity index (χ3n) is 3.29. The van der Waals surface area contributed by atoms with Gasteiger partial charge in [-0.1, -0.05) is 18.2 Å². The Morgan fingerprint density at radius 1 is 1.10 bits per heavy atom. The van der Waals surface area contributed by atoms with Crippen molar-refractivity contribution >= 4 is 0 Å². The first-order chi connectivity index (χ1) is 9.66. The second-order valence-corrected chi connectivity index (χ2v) is 4.70. The molecule has 0 unspecified atom stereocenters. The Kier molecular flexibility index (Phi) is 3.49. The molecule has 1 aliphatic heterocycles. The van der Waals surface area contributed by atoms with Crippen molar-refractivity contribution in [3.8, 4) is 5.69 Å². The Balaban J connectivity index is 1.84. The zero-order chi connectivity index (χ0) is 14.1. The number of nitrogens with zero attached hydrogens (tertiary/aromatic N) is 3. The van der Waals surface area contributed by atoms with E-state index in [1.54, 1.807) is 0 Å². The minimum atomic E-state index is -1.25. The molecule has 1 saturated heterocycles. The summed E-state index contributed by atoms with van der Waals surface area (Å²) in [5.74, 6) is 0. The number of ether oxygens (including phenoxy) is 1. The van der Waals surface area contributed by atoms with Crippen LogP contribution in [-0.4, -0.2) is 55.2 Å². The predicted molar refractivity (Wildman–Crippen MR) is 68.1 cm³/mol. The van der Waals surface area contributed by atoms with E-state index in [1.807, 2.05) is 30.3 Å².